The topological polar surface area (TPSA) is 85.4 Å². The number of likely N-dealkylation sites (N-methyl/N-ethyl adjacent to an activating group) is 1. The quantitative estimate of drug-likeness (QED) is 0.638. The highest BCUT2D eigenvalue weighted by Crippen LogP contribution is 2.25. The number of H-pyrrole nitrogens is 1. The van der Waals surface area contributed by atoms with E-state index in [1.54, 1.807) is 12.3 Å². The van der Waals surface area contributed by atoms with E-state index >= 15 is 0 Å². The molecule has 1 fully saturated rings. The lowest BCUT2D eigenvalue weighted by atomic mass is 9.85. The third kappa shape index (κ3) is 3.72. The molecule has 1 amide bonds. The van der Waals surface area contributed by atoms with Crippen molar-refractivity contribution in [1.29, 1.82) is 0 Å². The molecule has 0 aliphatic heterocycles. The van der Waals surface area contributed by atoms with Crippen LogP contribution in [0.1, 0.15) is 30.3 Å². The molecule has 3 N–H and O–H groups in total. The molecule has 0 bridgehead atoms. The minimum atomic E-state index is -0.805. The van der Waals surface area contributed by atoms with E-state index in [0.29, 0.717) is 12.2 Å². The van der Waals surface area contributed by atoms with Gasteiger partial charge in [0.1, 0.15) is 5.69 Å². The van der Waals surface area contributed by atoms with Gasteiger partial charge in [0.25, 0.3) is 5.91 Å². The van der Waals surface area contributed by atoms with E-state index in [0.717, 1.165) is 16.4 Å². The van der Waals surface area contributed by atoms with Gasteiger partial charge in [-0.3, -0.25) is 14.5 Å². The summed E-state index contributed by atoms with van der Waals surface area (Å²) in [5, 5.41) is 11.8. The number of carboxylic acid groups (broad SMARTS) is 1. The summed E-state index contributed by atoms with van der Waals surface area (Å²) in [4.78, 5) is 27.5. The maximum absolute atomic E-state index is 11.9. The summed E-state index contributed by atoms with van der Waals surface area (Å²) in [6.07, 6.45) is 3.40. The Labute approximate surface area is 131 Å². The Balaban J connectivity index is 1.78. The third-order valence-electron chi connectivity index (χ3n) is 3.60. The molecule has 1 aliphatic rings. The molecule has 0 spiro atoms. The normalized spacial score (nSPS) is 21.6. The van der Waals surface area contributed by atoms with Gasteiger partial charge < -0.3 is 15.4 Å². The number of carbonyl (C=O) groups excluding carboxylic acids is 1. The summed E-state index contributed by atoms with van der Waals surface area (Å²) >= 11 is 2.15. The Morgan fingerprint density at radius 1 is 1.55 bits per heavy atom. The smallest absolute Gasteiger partial charge is 0.317 e. The number of hydrogen-bond donors (Lipinski definition) is 3. The van der Waals surface area contributed by atoms with Crippen LogP contribution in [0.3, 0.4) is 0 Å². The van der Waals surface area contributed by atoms with E-state index in [9.17, 15) is 9.59 Å². The minimum absolute atomic E-state index is 0.0661. The van der Waals surface area contributed by atoms with Gasteiger partial charge >= 0.3 is 5.97 Å². The Bertz CT molecular complexity index is 497. The Kier molecular flexibility index (Phi) is 5.03. The zero-order valence-electron chi connectivity index (χ0n) is 11.2. The predicted molar refractivity (Wildman–Crippen MR) is 82.7 cm³/mol. The molecular formula is C13H18IN3O3. The lowest BCUT2D eigenvalue weighted by Gasteiger charge is -2.42. The molecule has 0 atom stereocenters. The SMILES string of the molecule is CCN(CC(=O)O)C1CC(NC(=O)c2cc(I)c[nH]2)C1. The number of hydrogen-bond acceptors (Lipinski definition) is 3. The molecule has 0 unspecified atom stereocenters. The van der Waals surface area contributed by atoms with Crippen LogP contribution < -0.4 is 5.32 Å². The second-order valence-corrected chi connectivity index (χ2v) is 6.23. The molecule has 1 heterocycles. The fourth-order valence-electron chi connectivity index (χ4n) is 2.44. The summed E-state index contributed by atoms with van der Waals surface area (Å²) in [7, 11) is 0. The van der Waals surface area contributed by atoms with Gasteiger partial charge in [-0.2, -0.15) is 0 Å². The molecule has 2 rings (SSSR count). The number of amides is 1. The van der Waals surface area contributed by atoms with Crippen molar-refractivity contribution < 1.29 is 14.7 Å². The van der Waals surface area contributed by atoms with Crippen LogP contribution in [0.2, 0.25) is 0 Å². The van der Waals surface area contributed by atoms with E-state index in [4.69, 9.17) is 5.11 Å². The molecule has 1 aromatic heterocycles. The average Bonchev–Trinajstić information content (AvgIpc) is 2.77. The fraction of sp³-hybridized carbons (Fsp3) is 0.538. The highest BCUT2D eigenvalue weighted by Gasteiger charge is 2.34. The third-order valence-corrected chi connectivity index (χ3v) is 4.22. The van der Waals surface area contributed by atoms with Crippen molar-refractivity contribution in [3.63, 3.8) is 0 Å². The molecule has 1 saturated carbocycles. The lowest BCUT2D eigenvalue weighted by molar-refractivity contribution is -0.139. The Hall–Kier alpha value is -1.09. The highest BCUT2D eigenvalue weighted by molar-refractivity contribution is 14.1. The van der Waals surface area contributed by atoms with Crippen LogP contribution in [0.5, 0.6) is 0 Å². The van der Waals surface area contributed by atoms with Crippen LogP contribution in [-0.2, 0) is 4.79 Å². The highest BCUT2D eigenvalue weighted by atomic mass is 127. The van der Waals surface area contributed by atoms with E-state index in [1.807, 2.05) is 11.8 Å². The number of carboxylic acids is 1. The predicted octanol–water partition coefficient (Wildman–Crippen LogP) is 1.29. The number of aromatic nitrogens is 1. The largest absolute Gasteiger partial charge is 0.480 e. The second kappa shape index (κ2) is 6.57. The Morgan fingerprint density at radius 2 is 2.25 bits per heavy atom. The maximum atomic E-state index is 11.9. The van der Waals surface area contributed by atoms with Gasteiger partial charge in [-0.25, -0.2) is 0 Å². The molecular weight excluding hydrogens is 373 g/mol. The molecule has 0 aromatic carbocycles. The van der Waals surface area contributed by atoms with E-state index in [1.165, 1.54) is 0 Å². The number of rotatable bonds is 6. The first-order valence-corrected chi connectivity index (χ1v) is 7.68. The fourth-order valence-corrected chi connectivity index (χ4v) is 2.91. The first-order chi connectivity index (χ1) is 9.49. The van der Waals surface area contributed by atoms with E-state index < -0.39 is 5.97 Å². The number of carbonyl (C=O) groups is 2. The van der Waals surface area contributed by atoms with Crippen LogP contribution >= 0.6 is 22.6 Å². The van der Waals surface area contributed by atoms with Crippen molar-refractivity contribution in [2.45, 2.75) is 31.8 Å². The molecule has 1 aromatic rings. The minimum Gasteiger partial charge on any atom is -0.480 e. The number of aromatic amines is 1. The molecule has 6 nitrogen and oxygen atoms in total. The second-order valence-electron chi connectivity index (χ2n) is 4.98. The van der Waals surface area contributed by atoms with Gasteiger partial charge in [0.2, 0.25) is 0 Å². The first kappa shape index (κ1) is 15.3. The van der Waals surface area contributed by atoms with E-state index in [2.05, 4.69) is 32.9 Å². The van der Waals surface area contributed by atoms with Crippen molar-refractivity contribution in [3.05, 3.63) is 21.5 Å². The molecule has 1 aliphatic carbocycles. The summed E-state index contributed by atoms with van der Waals surface area (Å²) in [6, 6.07) is 2.19. The van der Waals surface area contributed by atoms with Crippen molar-refractivity contribution in [1.82, 2.24) is 15.2 Å². The summed E-state index contributed by atoms with van der Waals surface area (Å²) in [5.74, 6) is -0.905. The number of aliphatic carboxylic acids is 1. The van der Waals surface area contributed by atoms with Crippen molar-refractivity contribution >= 4 is 34.5 Å². The van der Waals surface area contributed by atoms with Crippen LogP contribution in [0.4, 0.5) is 0 Å². The van der Waals surface area contributed by atoms with Crippen LogP contribution in [-0.4, -0.2) is 52.0 Å². The number of nitrogens with zero attached hydrogens (tertiary/aromatic N) is 1. The summed E-state index contributed by atoms with van der Waals surface area (Å²) in [5.41, 5.74) is 0.565. The first-order valence-electron chi connectivity index (χ1n) is 6.60. The summed E-state index contributed by atoms with van der Waals surface area (Å²) < 4.78 is 0.998. The Morgan fingerprint density at radius 3 is 2.75 bits per heavy atom. The van der Waals surface area contributed by atoms with Crippen LogP contribution in [0.25, 0.3) is 0 Å². The number of nitrogens with one attached hydrogen (secondary N) is 2. The zero-order chi connectivity index (χ0) is 14.7. The zero-order valence-corrected chi connectivity index (χ0v) is 13.4. The van der Waals surface area contributed by atoms with Crippen molar-refractivity contribution in [2.24, 2.45) is 0 Å². The molecule has 0 saturated heterocycles. The lowest BCUT2D eigenvalue weighted by Crippen LogP contribution is -2.54. The molecule has 0 radical (unpaired) electrons. The standard InChI is InChI=1S/C13H18IN3O3/c1-2-17(7-12(18)19)10-4-9(5-10)16-13(20)11-3-8(14)6-15-11/h3,6,9-10,15H,2,4-5,7H2,1H3,(H,16,20)(H,18,19). The van der Waals surface area contributed by atoms with Crippen LogP contribution in [0, 0.1) is 3.57 Å². The van der Waals surface area contributed by atoms with Gasteiger partial charge in [-0.1, -0.05) is 6.92 Å². The number of halogens is 1. The van der Waals surface area contributed by atoms with Gasteiger partial charge in [0, 0.05) is 21.9 Å². The van der Waals surface area contributed by atoms with Gasteiger partial charge in [-0.05, 0) is 48.0 Å². The maximum Gasteiger partial charge on any atom is 0.317 e. The van der Waals surface area contributed by atoms with Gasteiger partial charge in [-0.15, -0.1) is 0 Å². The summed E-state index contributed by atoms with van der Waals surface area (Å²) in [6.45, 7) is 2.73. The molecule has 20 heavy (non-hydrogen) atoms. The van der Waals surface area contributed by atoms with Crippen molar-refractivity contribution in [2.75, 3.05) is 13.1 Å². The van der Waals surface area contributed by atoms with E-state index in [-0.39, 0.29) is 24.5 Å². The monoisotopic (exact) mass is 391 g/mol. The van der Waals surface area contributed by atoms with Gasteiger partial charge in [0.15, 0.2) is 0 Å². The average molecular weight is 391 g/mol. The van der Waals surface area contributed by atoms with Crippen molar-refractivity contribution in [3.8, 4) is 0 Å². The van der Waals surface area contributed by atoms with Gasteiger partial charge in [0.05, 0.1) is 6.54 Å². The molecule has 7 heteroatoms. The van der Waals surface area contributed by atoms with Crippen LogP contribution in [0.15, 0.2) is 12.3 Å². The molecule has 110 valence electrons.